The predicted octanol–water partition coefficient (Wildman–Crippen LogP) is -0.392. The van der Waals surface area contributed by atoms with Gasteiger partial charge >= 0.3 is 11.7 Å². The first-order chi connectivity index (χ1) is 10.6. The van der Waals surface area contributed by atoms with Gasteiger partial charge in [0.25, 0.3) is 0 Å². The van der Waals surface area contributed by atoms with E-state index >= 15 is 0 Å². The molecule has 0 aliphatic carbocycles. The summed E-state index contributed by atoms with van der Waals surface area (Å²) in [5.41, 5.74) is -0.754. The van der Waals surface area contributed by atoms with E-state index in [1.165, 1.54) is 25.1 Å². The number of imidazole rings is 1. The van der Waals surface area contributed by atoms with Gasteiger partial charge in [0.1, 0.15) is 0 Å². The van der Waals surface area contributed by atoms with Crippen molar-refractivity contribution in [2.45, 2.75) is 18.2 Å². The lowest BCUT2D eigenvalue weighted by Gasteiger charge is -2.25. The number of carboxylic acid groups (broad SMARTS) is 1. The summed E-state index contributed by atoms with van der Waals surface area (Å²) in [6.45, 7) is 0.752. The molecule has 1 unspecified atom stereocenters. The SMILES string of the molecule is CC(CO)(CNS(=O)(=O)c1ccc2[nH]c(=O)[nH]c2c1)CC(=O)O. The number of nitrogens with one attached hydrogen (secondary N) is 3. The molecule has 10 heteroatoms. The molecule has 0 aliphatic heterocycles. The molecule has 5 N–H and O–H groups in total. The van der Waals surface area contributed by atoms with Crippen LogP contribution in [0.5, 0.6) is 0 Å². The molecule has 0 aliphatic rings. The number of fused-ring (bicyclic) bond motifs is 1. The molecule has 126 valence electrons. The minimum absolute atomic E-state index is 0.0733. The lowest BCUT2D eigenvalue weighted by molar-refractivity contribution is -0.140. The average Bonchev–Trinajstić information content (AvgIpc) is 2.83. The highest BCUT2D eigenvalue weighted by atomic mass is 32.2. The maximum Gasteiger partial charge on any atom is 0.323 e. The van der Waals surface area contributed by atoms with Crippen molar-refractivity contribution in [2.24, 2.45) is 5.41 Å². The lowest BCUT2D eigenvalue weighted by atomic mass is 9.88. The number of carbonyl (C=O) groups is 1. The van der Waals surface area contributed by atoms with E-state index in [0.29, 0.717) is 11.0 Å². The molecule has 9 nitrogen and oxygen atoms in total. The number of aliphatic carboxylic acids is 1. The standard InChI is InChI=1S/C13H17N3O6S/c1-13(7-17,5-11(18)19)6-14-23(21,22)8-2-3-9-10(4-8)16-12(20)15-9/h2-4,14,17H,5-7H2,1H3,(H,18,19)(H2,15,16,20). The van der Waals surface area contributed by atoms with Crippen molar-refractivity contribution >= 4 is 27.0 Å². The molecular weight excluding hydrogens is 326 g/mol. The number of carboxylic acids is 1. The molecule has 0 bridgehead atoms. The number of aliphatic hydroxyl groups excluding tert-OH is 1. The van der Waals surface area contributed by atoms with Crippen LogP contribution < -0.4 is 10.4 Å². The maximum absolute atomic E-state index is 12.3. The Hall–Kier alpha value is -2.17. The van der Waals surface area contributed by atoms with Gasteiger partial charge in [-0.05, 0) is 18.2 Å². The van der Waals surface area contributed by atoms with Gasteiger partial charge in [0.05, 0.1) is 29.0 Å². The van der Waals surface area contributed by atoms with Crippen LogP contribution in [0, 0.1) is 5.41 Å². The average molecular weight is 343 g/mol. The summed E-state index contributed by atoms with van der Waals surface area (Å²) in [6, 6.07) is 4.06. The smallest absolute Gasteiger partial charge is 0.323 e. The van der Waals surface area contributed by atoms with Crippen molar-refractivity contribution in [3.8, 4) is 0 Å². The van der Waals surface area contributed by atoms with Crippen LogP contribution in [0.2, 0.25) is 0 Å². The van der Waals surface area contributed by atoms with Crippen LogP contribution in [-0.2, 0) is 14.8 Å². The Morgan fingerprint density at radius 1 is 1.30 bits per heavy atom. The highest BCUT2D eigenvalue weighted by molar-refractivity contribution is 7.89. The Balaban J connectivity index is 2.22. The Morgan fingerprint density at radius 3 is 2.57 bits per heavy atom. The van der Waals surface area contributed by atoms with Gasteiger partial charge in [0.2, 0.25) is 10.0 Å². The van der Waals surface area contributed by atoms with E-state index in [1.54, 1.807) is 0 Å². The summed E-state index contributed by atoms with van der Waals surface area (Å²) in [7, 11) is -3.91. The van der Waals surface area contributed by atoms with Gasteiger partial charge in [-0.1, -0.05) is 6.92 Å². The Kier molecular flexibility index (Phi) is 4.59. The fraction of sp³-hybridized carbons (Fsp3) is 0.385. The summed E-state index contributed by atoms with van der Waals surface area (Å²) < 4.78 is 26.9. The zero-order valence-electron chi connectivity index (χ0n) is 12.3. The van der Waals surface area contributed by atoms with Crippen molar-refractivity contribution in [1.29, 1.82) is 0 Å². The van der Waals surface area contributed by atoms with Crippen molar-refractivity contribution in [3.05, 3.63) is 28.7 Å². The Bertz CT molecular complexity index is 884. The van der Waals surface area contributed by atoms with Gasteiger partial charge in [-0.25, -0.2) is 17.9 Å². The molecule has 23 heavy (non-hydrogen) atoms. The quantitative estimate of drug-likeness (QED) is 0.461. The molecule has 0 radical (unpaired) electrons. The van der Waals surface area contributed by atoms with Gasteiger partial charge in [-0.2, -0.15) is 0 Å². The third-order valence-corrected chi connectivity index (χ3v) is 4.85. The number of aromatic amines is 2. The molecule has 0 spiro atoms. The van der Waals surface area contributed by atoms with Gasteiger partial charge in [-0.3, -0.25) is 4.79 Å². The molecule has 0 saturated carbocycles. The summed E-state index contributed by atoms with van der Waals surface area (Å²) >= 11 is 0. The molecule has 1 aromatic heterocycles. The normalized spacial score (nSPS) is 14.7. The summed E-state index contributed by atoms with van der Waals surface area (Å²) in [5, 5.41) is 18.1. The third kappa shape index (κ3) is 3.97. The number of hydrogen-bond acceptors (Lipinski definition) is 5. The van der Waals surface area contributed by atoms with E-state index in [0.717, 1.165) is 0 Å². The number of aliphatic hydroxyl groups is 1. The first-order valence-corrected chi connectivity index (χ1v) is 8.18. The highest BCUT2D eigenvalue weighted by Crippen LogP contribution is 2.21. The second kappa shape index (κ2) is 6.14. The van der Waals surface area contributed by atoms with Gasteiger partial charge in [-0.15, -0.1) is 0 Å². The fourth-order valence-corrected chi connectivity index (χ4v) is 3.30. The molecule has 1 heterocycles. The maximum atomic E-state index is 12.3. The van der Waals surface area contributed by atoms with Crippen LogP contribution in [0.1, 0.15) is 13.3 Å². The second-order valence-electron chi connectivity index (χ2n) is 5.65. The molecule has 0 amide bonds. The number of rotatable bonds is 7. The largest absolute Gasteiger partial charge is 0.481 e. The van der Waals surface area contributed by atoms with Crippen LogP contribution in [0.4, 0.5) is 0 Å². The number of benzene rings is 1. The molecule has 0 fully saturated rings. The van der Waals surface area contributed by atoms with Crippen LogP contribution in [0.3, 0.4) is 0 Å². The van der Waals surface area contributed by atoms with E-state index < -0.39 is 33.7 Å². The van der Waals surface area contributed by atoms with Gasteiger partial charge in [0, 0.05) is 12.0 Å². The summed E-state index contributed by atoms with van der Waals surface area (Å²) in [4.78, 5) is 26.9. The first kappa shape index (κ1) is 17.2. The minimum atomic E-state index is -3.91. The molecule has 1 atom stereocenters. The van der Waals surface area contributed by atoms with Gasteiger partial charge in [0.15, 0.2) is 0 Å². The molecule has 2 aromatic rings. The highest BCUT2D eigenvalue weighted by Gasteiger charge is 2.29. The lowest BCUT2D eigenvalue weighted by Crippen LogP contribution is -2.39. The van der Waals surface area contributed by atoms with E-state index in [2.05, 4.69) is 14.7 Å². The molecule has 0 saturated heterocycles. The number of hydrogen-bond donors (Lipinski definition) is 5. The summed E-state index contributed by atoms with van der Waals surface area (Å²) in [5.74, 6) is -1.13. The van der Waals surface area contributed by atoms with E-state index in [9.17, 15) is 23.1 Å². The van der Waals surface area contributed by atoms with Crippen LogP contribution in [0.15, 0.2) is 27.9 Å². The zero-order chi connectivity index (χ0) is 17.3. The van der Waals surface area contributed by atoms with Crippen molar-refractivity contribution < 1.29 is 23.4 Å². The van der Waals surface area contributed by atoms with Crippen molar-refractivity contribution in [1.82, 2.24) is 14.7 Å². The van der Waals surface area contributed by atoms with Crippen LogP contribution >= 0.6 is 0 Å². The first-order valence-electron chi connectivity index (χ1n) is 6.70. The fourth-order valence-electron chi connectivity index (χ4n) is 2.07. The summed E-state index contributed by atoms with van der Waals surface area (Å²) in [6.07, 6.45) is -0.379. The predicted molar refractivity (Wildman–Crippen MR) is 81.6 cm³/mol. The Labute approximate surface area is 131 Å². The number of aromatic nitrogens is 2. The topological polar surface area (TPSA) is 152 Å². The monoisotopic (exact) mass is 343 g/mol. The molecular formula is C13H17N3O6S. The van der Waals surface area contributed by atoms with Crippen molar-refractivity contribution in [2.75, 3.05) is 13.2 Å². The molecule has 2 rings (SSSR count). The Morgan fingerprint density at radius 2 is 1.96 bits per heavy atom. The van der Waals surface area contributed by atoms with E-state index in [4.69, 9.17) is 5.11 Å². The molecule has 1 aromatic carbocycles. The van der Waals surface area contributed by atoms with Crippen LogP contribution in [-0.4, -0.2) is 47.7 Å². The zero-order valence-corrected chi connectivity index (χ0v) is 13.1. The van der Waals surface area contributed by atoms with Crippen molar-refractivity contribution in [3.63, 3.8) is 0 Å². The number of H-pyrrole nitrogens is 2. The van der Waals surface area contributed by atoms with Gasteiger partial charge < -0.3 is 20.2 Å². The van der Waals surface area contributed by atoms with E-state index in [1.807, 2.05) is 0 Å². The van der Waals surface area contributed by atoms with Crippen LogP contribution in [0.25, 0.3) is 11.0 Å². The third-order valence-electron chi connectivity index (χ3n) is 3.45. The number of sulfonamides is 1. The minimum Gasteiger partial charge on any atom is -0.481 e. The van der Waals surface area contributed by atoms with E-state index in [-0.39, 0.29) is 17.9 Å². The second-order valence-corrected chi connectivity index (χ2v) is 7.42.